The number of rotatable bonds is 18. The van der Waals surface area contributed by atoms with Gasteiger partial charge in [0.2, 0.25) is 0 Å². The molecule has 2 fully saturated rings. The maximum absolute atomic E-state index is 15.6. The molecule has 366 valence electrons. The minimum atomic E-state index is -3.58. The predicted molar refractivity (Wildman–Crippen MR) is 234 cm³/mol. The zero-order valence-corrected chi connectivity index (χ0v) is 39.0. The number of esters is 2. The number of nitrogens with zero attached hydrogens (tertiary/aromatic N) is 4. The molecule has 0 bridgehead atoms. The summed E-state index contributed by atoms with van der Waals surface area (Å²) >= 11 is 0. The van der Waals surface area contributed by atoms with E-state index in [-0.39, 0.29) is 43.7 Å². The molecule has 0 aromatic carbocycles. The van der Waals surface area contributed by atoms with E-state index in [0.29, 0.717) is 0 Å². The third-order valence-electron chi connectivity index (χ3n) is 10.2. The summed E-state index contributed by atoms with van der Waals surface area (Å²) < 4.78 is 103. The van der Waals surface area contributed by atoms with Gasteiger partial charge in [-0.3, -0.25) is 18.7 Å². The SMILES string of the molecule is C.C=C1N=C(N)C(F)=CN1[C@H]1O[C@H](CO)[C@](C)(COP(C)(=O)N[C@@H](C)C(=O)OC(C)C)C1F.C=C1N=C(N)C=CN1[C@H]1O[C@H](CO)[C@](C)(COP(C)(=O)N[C@@H](C)C(=O)OC(C)C)C1F. The normalized spacial score (nSPS) is 30.9. The van der Waals surface area contributed by atoms with Gasteiger partial charge in [0.25, 0.3) is 15.0 Å². The summed E-state index contributed by atoms with van der Waals surface area (Å²) in [6.07, 6.45) is -4.77. The summed E-state index contributed by atoms with van der Waals surface area (Å²) in [7, 11) is -7.10. The van der Waals surface area contributed by atoms with Crippen molar-refractivity contribution in [3.05, 3.63) is 49.1 Å². The van der Waals surface area contributed by atoms with Gasteiger partial charge in [-0.15, -0.1) is 0 Å². The Morgan fingerprint density at radius 1 is 0.828 bits per heavy atom. The lowest BCUT2D eigenvalue weighted by atomic mass is 9.82. The van der Waals surface area contributed by atoms with Gasteiger partial charge in [-0.2, -0.15) is 0 Å². The summed E-state index contributed by atoms with van der Waals surface area (Å²) in [5.74, 6) is -2.11. The molecule has 20 nitrogen and oxygen atoms in total. The van der Waals surface area contributed by atoms with Crippen molar-refractivity contribution in [3.8, 4) is 0 Å². The highest BCUT2D eigenvalue weighted by molar-refractivity contribution is 7.56. The lowest BCUT2D eigenvalue weighted by Gasteiger charge is -2.33. The van der Waals surface area contributed by atoms with E-state index in [0.717, 1.165) is 11.1 Å². The van der Waals surface area contributed by atoms with Gasteiger partial charge in [0.05, 0.1) is 61.7 Å². The van der Waals surface area contributed by atoms with E-state index < -0.39 is 118 Å². The molecule has 0 aromatic heterocycles. The first kappa shape index (κ1) is 56.5. The summed E-state index contributed by atoms with van der Waals surface area (Å²) in [5, 5.41) is 24.7. The van der Waals surface area contributed by atoms with Crippen LogP contribution in [0.2, 0.25) is 0 Å². The van der Waals surface area contributed by atoms with Gasteiger partial charge in [0.1, 0.15) is 29.6 Å². The highest BCUT2D eigenvalue weighted by Gasteiger charge is 2.58. The third kappa shape index (κ3) is 13.9. The molecule has 0 radical (unpaired) electrons. The van der Waals surface area contributed by atoms with Crippen LogP contribution in [0.5, 0.6) is 0 Å². The van der Waals surface area contributed by atoms with Gasteiger partial charge >= 0.3 is 11.9 Å². The second kappa shape index (κ2) is 22.7. The Balaban J connectivity index is 0.000000434. The van der Waals surface area contributed by atoms with E-state index in [1.807, 2.05) is 0 Å². The molecular weight excluding hydrogens is 891 g/mol. The van der Waals surface area contributed by atoms with E-state index >= 15 is 8.78 Å². The average Bonchev–Trinajstić information content (AvgIpc) is 3.58. The maximum Gasteiger partial charge on any atom is 0.323 e. The number of carbonyl (C=O) groups is 2. The summed E-state index contributed by atoms with van der Waals surface area (Å²) in [4.78, 5) is 34.1. The summed E-state index contributed by atoms with van der Waals surface area (Å²) in [6, 6.07) is -1.82. The Morgan fingerprint density at radius 3 is 1.59 bits per heavy atom. The second-order valence-corrected chi connectivity index (χ2v) is 21.0. The van der Waals surface area contributed by atoms with Crippen LogP contribution in [0.15, 0.2) is 59.1 Å². The number of halogens is 3. The zero-order valence-electron chi connectivity index (χ0n) is 37.2. The first-order valence-electron chi connectivity index (χ1n) is 19.9. The number of aliphatic hydroxyl groups excluding tert-OH is 2. The van der Waals surface area contributed by atoms with Crippen LogP contribution in [0.4, 0.5) is 13.2 Å². The van der Waals surface area contributed by atoms with Gasteiger partial charge in [0.15, 0.2) is 36.5 Å². The number of aliphatic hydroxyl groups is 2. The molecule has 8 N–H and O–H groups in total. The molecule has 0 aliphatic carbocycles. The third-order valence-corrected chi connectivity index (χ3v) is 13.2. The van der Waals surface area contributed by atoms with Crippen molar-refractivity contribution in [1.82, 2.24) is 20.0 Å². The Hall–Kier alpha value is -3.63. The Kier molecular flexibility index (Phi) is 20.1. The van der Waals surface area contributed by atoms with Crippen LogP contribution in [-0.4, -0.2) is 145 Å². The fraction of sp³-hybridized carbons (Fsp3) is 0.692. The largest absolute Gasteiger partial charge is 0.462 e. The van der Waals surface area contributed by atoms with Crippen molar-refractivity contribution in [2.24, 2.45) is 32.3 Å². The number of hydrogen-bond acceptors (Lipinski definition) is 18. The van der Waals surface area contributed by atoms with Crippen LogP contribution < -0.4 is 21.6 Å². The smallest absolute Gasteiger partial charge is 0.323 e. The molecule has 12 atom stereocenters. The van der Waals surface area contributed by atoms with Crippen LogP contribution in [0, 0.1) is 10.8 Å². The maximum atomic E-state index is 15.6. The molecule has 0 aromatic rings. The number of nitrogens with one attached hydrogen (secondary N) is 2. The molecule has 4 aliphatic rings. The van der Waals surface area contributed by atoms with Crippen LogP contribution in [0.1, 0.15) is 62.8 Å². The first-order chi connectivity index (χ1) is 29.0. The van der Waals surface area contributed by atoms with Crippen LogP contribution in [0.3, 0.4) is 0 Å². The van der Waals surface area contributed by atoms with E-state index in [4.69, 9.17) is 39.5 Å². The molecular formula is C39H67F3N8O12P2. The summed E-state index contributed by atoms with van der Waals surface area (Å²) in [5.41, 5.74) is 8.22. The van der Waals surface area contributed by atoms with Crippen molar-refractivity contribution in [1.29, 1.82) is 0 Å². The predicted octanol–water partition coefficient (Wildman–Crippen LogP) is 3.88. The van der Waals surface area contributed by atoms with Crippen LogP contribution >= 0.6 is 15.0 Å². The molecule has 4 heterocycles. The monoisotopic (exact) mass is 958 g/mol. The molecule has 4 rings (SSSR count). The average molecular weight is 959 g/mol. The van der Waals surface area contributed by atoms with Crippen molar-refractivity contribution in [3.63, 3.8) is 0 Å². The Bertz CT molecular complexity index is 1930. The van der Waals surface area contributed by atoms with Gasteiger partial charge in [-0.1, -0.05) is 34.4 Å². The van der Waals surface area contributed by atoms with Crippen molar-refractivity contribution >= 4 is 38.6 Å². The molecule has 4 unspecified atom stereocenters. The fourth-order valence-electron chi connectivity index (χ4n) is 6.58. The fourth-order valence-corrected chi connectivity index (χ4v) is 9.40. The molecule has 0 amide bonds. The molecule has 64 heavy (non-hydrogen) atoms. The van der Waals surface area contributed by atoms with Gasteiger partial charge in [-0.05, 0) is 47.6 Å². The molecule has 4 aliphatic heterocycles. The number of aliphatic imine (C=N–C) groups is 2. The van der Waals surface area contributed by atoms with Gasteiger partial charge in [-0.25, -0.2) is 33.3 Å². The highest BCUT2D eigenvalue weighted by atomic mass is 31.2. The number of carbonyl (C=O) groups excluding carboxylic acids is 2. The lowest BCUT2D eigenvalue weighted by molar-refractivity contribution is -0.149. The van der Waals surface area contributed by atoms with Gasteiger partial charge < -0.3 is 59.5 Å². The number of hydrogen-bond donors (Lipinski definition) is 6. The van der Waals surface area contributed by atoms with Crippen LogP contribution in [-0.2, 0) is 46.7 Å². The van der Waals surface area contributed by atoms with Crippen molar-refractivity contribution in [2.45, 2.75) is 124 Å². The Labute approximate surface area is 373 Å². The zero-order chi connectivity index (χ0) is 48.0. The van der Waals surface area contributed by atoms with E-state index in [1.54, 1.807) is 27.7 Å². The molecule has 0 spiro atoms. The Morgan fingerprint density at radius 2 is 1.22 bits per heavy atom. The van der Waals surface area contributed by atoms with Crippen molar-refractivity contribution in [2.75, 3.05) is 39.8 Å². The number of amidine groups is 2. The van der Waals surface area contributed by atoms with E-state index in [1.165, 1.54) is 58.2 Å². The second-order valence-electron chi connectivity index (χ2n) is 16.6. The van der Waals surface area contributed by atoms with E-state index in [9.17, 15) is 33.3 Å². The molecule has 2 saturated heterocycles. The first-order valence-corrected chi connectivity index (χ1v) is 24.1. The van der Waals surface area contributed by atoms with Crippen LogP contribution in [0.25, 0.3) is 0 Å². The molecule has 25 heteroatoms. The number of ether oxygens (including phenoxy) is 4. The number of nitrogens with two attached hydrogens (primary N) is 2. The quantitative estimate of drug-likeness (QED) is 0.0840. The van der Waals surface area contributed by atoms with Gasteiger partial charge in [0, 0.05) is 25.7 Å². The standard InChI is InChI=1S/C19H31F2N4O6P.C19H32FN4O6P.CH4/c1-10(2)30-18(27)11(3)24-32(6,28)29-9-19(5)14(8-26)31-17(15(19)21)25-7-13(20)16(22)23-12(25)4;1-11(2)29-18(26)12(3)23-31(6,27)28-10-19(5)14(9-25)30-17(16(19)20)24-8-7-15(21)22-13(24)4;/h7,10-11,14-15,17,26H,4,8-9H2,1-3,5-6H3,(H2,22,23)(H,24,28);7-8,11-12,14,16-17,25H,4,9-10H2,1-3,5-6H3,(H2,21,22)(H,23,27);1H4/t11-,14+,15?,17-,19-,32?;12-,14+,16?,17-,19-,31?;/m00./s1. The highest BCUT2D eigenvalue weighted by Crippen LogP contribution is 2.49. The molecule has 0 saturated carbocycles. The minimum Gasteiger partial charge on any atom is -0.462 e. The lowest BCUT2D eigenvalue weighted by Crippen LogP contribution is -2.45. The van der Waals surface area contributed by atoms with E-state index in [2.05, 4.69) is 33.3 Å². The van der Waals surface area contributed by atoms with Crippen molar-refractivity contribution < 1.29 is 70.1 Å². The topological polar surface area (TPSA) is 271 Å². The summed E-state index contributed by atoms with van der Waals surface area (Å²) in [6.45, 7) is 20.8. The number of alkyl halides is 2. The minimum absolute atomic E-state index is 0.